The Morgan fingerprint density at radius 2 is 1.85 bits per heavy atom. The van der Waals surface area contributed by atoms with Gasteiger partial charge in [0.2, 0.25) is 5.91 Å². The molecule has 1 aromatic carbocycles. The van der Waals surface area contributed by atoms with Gasteiger partial charge in [0.15, 0.2) is 11.5 Å². The van der Waals surface area contributed by atoms with E-state index in [1.165, 1.54) is 29.1 Å². The quantitative estimate of drug-likeness (QED) is 0.741. The summed E-state index contributed by atoms with van der Waals surface area (Å²) in [6, 6.07) is 4.40. The summed E-state index contributed by atoms with van der Waals surface area (Å²) < 4.78 is 11.6. The zero-order chi connectivity index (χ0) is 19.0. The Hall–Kier alpha value is -1.01. The summed E-state index contributed by atoms with van der Waals surface area (Å²) in [4.78, 5) is 15.5. The number of carbonyl (C=O) groups is 1. The molecule has 4 rings (SSSR count). The highest BCUT2D eigenvalue weighted by atomic mass is 32.2. The first-order valence-corrected chi connectivity index (χ1v) is 12.1. The van der Waals surface area contributed by atoms with Gasteiger partial charge in [0.05, 0.1) is 24.8 Å². The Morgan fingerprint density at radius 1 is 1.15 bits per heavy atom. The highest BCUT2D eigenvalue weighted by Crippen LogP contribution is 2.50. The summed E-state index contributed by atoms with van der Waals surface area (Å²) in [6.07, 6.45) is 4.20. The third-order valence-corrected chi connectivity index (χ3v) is 9.48. The van der Waals surface area contributed by atoms with Crippen molar-refractivity contribution in [3.8, 4) is 11.5 Å². The molecule has 2 fully saturated rings. The van der Waals surface area contributed by atoms with Crippen molar-refractivity contribution in [3.63, 3.8) is 0 Å². The van der Waals surface area contributed by atoms with Crippen LogP contribution in [-0.4, -0.2) is 47.7 Å². The molecule has 3 aliphatic heterocycles. The summed E-state index contributed by atoms with van der Waals surface area (Å²) in [5, 5.41) is 0. The molecule has 0 aliphatic carbocycles. The molecule has 3 atom stereocenters. The largest absolute Gasteiger partial charge is 0.493 e. The third-order valence-electron chi connectivity index (χ3n) is 6.26. The van der Waals surface area contributed by atoms with Crippen LogP contribution >= 0.6 is 23.5 Å². The van der Waals surface area contributed by atoms with Gasteiger partial charge in [-0.15, -0.1) is 23.5 Å². The molecule has 0 N–H and O–H groups in total. The predicted molar refractivity (Wildman–Crippen MR) is 113 cm³/mol. The maximum atomic E-state index is 13.4. The van der Waals surface area contributed by atoms with Gasteiger partial charge in [-0.05, 0) is 66.4 Å². The number of rotatable bonds is 4. The van der Waals surface area contributed by atoms with Crippen LogP contribution in [0.25, 0.3) is 0 Å². The molecule has 3 heterocycles. The van der Waals surface area contributed by atoms with E-state index in [1.54, 1.807) is 14.2 Å². The van der Waals surface area contributed by atoms with E-state index >= 15 is 0 Å². The summed E-state index contributed by atoms with van der Waals surface area (Å²) in [6.45, 7) is 3.00. The Bertz CT molecular complexity index is 705. The lowest BCUT2D eigenvalue weighted by Crippen LogP contribution is -2.51. The van der Waals surface area contributed by atoms with Crippen LogP contribution in [0.4, 0.5) is 0 Å². The molecule has 3 aliphatic rings. The van der Waals surface area contributed by atoms with Crippen molar-refractivity contribution in [1.82, 2.24) is 4.90 Å². The number of thioether (sulfide) groups is 2. The molecule has 0 unspecified atom stereocenters. The van der Waals surface area contributed by atoms with E-state index in [0.29, 0.717) is 16.4 Å². The van der Waals surface area contributed by atoms with Crippen molar-refractivity contribution in [3.05, 3.63) is 23.3 Å². The van der Waals surface area contributed by atoms with E-state index < -0.39 is 0 Å². The minimum absolute atomic E-state index is 0.172. The van der Waals surface area contributed by atoms with Crippen LogP contribution in [0.2, 0.25) is 0 Å². The molecule has 0 spiro atoms. The van der Waals surface area contributed by atoms with E-state index in [2.05, 4.69) is 47.5 Å². The first-order chi connectivity index (χ1) is 13.2. The summed E-state index contributed by atoms with van der Waals surface area (Å²) in [5.74, 6) is 5.01. The molecular formula is C21H29NO3S2. The van der Waals surface area contributed by atoms with Gasteiger partial charge in [-0.1, -0.05) is 6.92 Å². The lowest BCUT2D eigenvalue weighted by atomic mass is 9.76. The minimum Gasteiger partial charge on any atom is -0.493 e. The minimum atomic E-state index is 0.172. The summed E-state index contributed by atoms with van der Waals surface area (Å²) >= 11 is 4.15. The van der Waals surface area contributed by atoms with Crippen LogP contribution in [0.3, 0.4) is 0 Å². The monoisotopic (exact) mass is 407 g/mol. The number of ether oxygens (including phenoxy) is 2. The number of nitrogens with zero attached hydrogens (tertiary/aromatic N) is 1. The molecule has 148 valence electrons. The first kappa shape index (κ1) is 19.3. The van der Waals surface area contributed by atoms with Crippen LogP contribution < -0.4 is 9.47 Å². The Morgan fingerprint density at radius 3 is 2.52 bits per heavy atom. The van der Waals surface area contributed by atoms with Gasteiger partial charge in [0, 0.05) is 12.5 Å². The predicted octanol–water partition coefficient (Wildman–Crippen LogP) is 4.37. The summed E-state index contributed by atoms with van der Waals surface area (Å²) in [7, 11) is 3.37. The topological polar surface area (TPSA) is 38.8 Å². The molecule has 2 saturated heterocycles. The second-order valence-corrected chi connectivity index (χ2v) is 10.4. The maximum absolute atomic E-state index is 13.4. The van der Waals surface area contributed by atoms with Crippen molar-refractivity contribution in [1.29, 1.82) is 0 Å². The van der Waals surface area contributed by atoms with E-state index in [1.807, 2.05) is 0 Å². The van der Waals surface area contributed by atoms with Crippen LogP contribution in [0, 0.1) is 11.8 Å². The average Bonchev–Trinajstić information content (AvgIpc) is 2.72. The highest BCUT2D eigenvalue weighted by molar-refractivity contribution is 8.17. The number of piperidine rings is 1. The molecule has 4 nitrogen and oxygen atoms in total. The second-order valence-electron chi connectivity index (χ2n) is 7.58. The van der Waals surface area contributed by atoms with E-state index in [9.17, 15) is 4.79 Å². The SMILES string of the molecule is CC[C@H]1C(=O)N2CCc3cc(OC)c(OC)cc3[C@H]2C[C@@H]1C1SCCCS1. The second kappa shape index (κ2) is 8.16. The number of hydrogen-bond donors (Lipinski definition) is 0. The molecule has 1 amide bonds. The zero-order valence-corrected chi connectivity index (χ0v) is 18.0. The van der Waals surface area contributed by atoms with Gasteiger partial charge < -0.3 is 14.4 Å². The van der Waals surface area contributed by atoms with Gasteiger partial charge in [0.25, 0.3) is 0 Å². The number of methoxy groups -OCH3 is 2. The Labute approximate surface area is 170 Å². The van der Waals surface area contributed by atoms with Crippen LogP contribution in [-0.2, 0) is 11.2 Å². The third kappa shape index (κ3) is 3.44. The first-order valence-electron chi connectivity index (χ1n) is 9.96. The Balaban J connectivity index is 1.69. The number of carbonyl (C=O) groups excluding carboxylic acids is 1. The zero-order valence-electron chi connectivity index (χ0n) is 16.4. The van der Waals surface area contributed by atoms with Crippen LogP contribution in [0.15, 0.2) is 12.1 Å². The normalized spacial score (nSPS) is 28.5. The Kier molecular flexibility index (Phi) is 5.83. The van der Waals surface area contributed by atoms with Crippen molar-refractivity contribution < 1.29 is 14.3 Å². The molecule has 0 radical (unpaired) electrons. The van der Waals surface area contributed by atoms with Gasteiger partial charge in [-0.25, -0.2) is 0 Å². The maximum Gasteiger partial charge on any atom is 0.226 e. The molecular weight excluding hydrogens is 378 g/mol. The van der Waals surface area contributed by atoms with Crippen molar-refractivity contribution in [2.24, 2.45) is 11.8 Å². The van der Waals surface area contributed by atoms with Gasteiger partial charge >= 0.3 is 0 Å². The van der Waals surface area contributed by atoms with Crippen molar-refractivity contribution in [2.75, 3.05) is 32.3 Å². The van der Waals surface area contributed by atoms with E-state index in [4.69, 9.17) is 9.47 Å². The van der Waals surface area contributed by atoms with Gasteiger partial charge in [0.1, 0.15) is 0 Å². The number of fused-ring (bicyclic) bond motifs is 3. The van der Waals surface area contributed by atoms with Crippen molar-refractivity contribution in [2.45, 2.75) is 43.2 Å². The number of hydrogen-bond acceptors (Lipinski definition) is 5. The fraction of sp³-hybridized carbons (Fsp3) is 0.667. The van der Waals surface area contributed by atoms with Crippen molar-refractivity contribution >= 4 is 29.4 Å². The molecule has 6 heteroatoms. The lowest BCUT2D eigenvalue weighted by molar-refractivity contribution is -0.145. The molecule has 27 heavy (non-hydrogen) atoms. The number of amides is 1. The fourth-order valence-corrected chi connectivity index (χ4v) is 8.22. The lowest BCUT2D eigenvalue weighted by Gasteiger charge is -2.48. The molecule has 0 bridgehead atoms. The van der Waals surface area contributed by atoms with Crippen LogP contribution in [0.5, 0.6) is 11.5 Å². The van der Waals surface area contributed by atoms with E-state index in [-0.39, 0.29) is 12.0 Å². The average molecular weight is 408 g/mol. The highest BCUT2D eigenvalue weighted by Gasteiger charge is 2.46. The van der Waals surface area contributed by atoms with Crippen LogP contribution in [0.1, 0.15) is 43.4 Å². The molecule has 0 saturated carbocycles. The van der Waals surface area contributed by atoms with Gasteiger partial charge in [-0.3, -0.25) is 4.79 Å². The van der Waals surface area contributed by atoms with Gasteiger partial charge in [-0.2, -0.15) is 0 Å². The molecule has 0 aromatic heterocycles. The van der Waals surface area contributed by atoms with E-state index in [0.717, 1.165) is 37.3 Å². The smallest absolute Gasteiger partial charge is 0.226 e. The fourth-order valence-electron chi connectivity index (χ4n) is 4.90. The standard InChI is InChI=1S/C21H29NO3S2/c1-4-14-16(21-26-8-5-9-27-21)11-17-15-12-19(25-3)18(24-2)10-13(15)6-7-22(17)20(14)23/h10,12,14,16-17,21H,4-9,11H2,1-3H3/t14-,16+,17-/m1/s1. The molecule has 1 aromatic rings. The summed E-state index contributed by atoms with van der Waals surface area (Å²) in [5.41, 5.74) is 2.57. The number of benzene rings is 1.